The summed E-state index contributed by atoms with van der Waals surface area (Å²) < 4.78 is 26.9. The number of hydrogen-bond acceptors (Lipinski definition) is 15. The number of unbranched alkanes of at least 4 members (excludes halogenated alkanes) is 3. The third kappa shape index (κ3) is 12.8. The summed E-state index contributed by atoms with van der Waals surface area (Å²) in [5, 5.41) is 33.1. The Morgan fingerprint density at radius 1 is 0.500 bits per heavy atom. The van der Waals surface area contributed by atoms with Crippen molar-refractivity contribution >= 4 is 11.9 Å². The minimum Gasteiger partial charge on any atom is -0.507 e. The molecule has 0 radical (unpaired) electrons. The second-order valence-electron chi connectivity index (χ2n) is 11.9. The summed E-state index contributed by atoms with van der Waals surface area (Å²) in [4.78, 5) is 47.8. The Hall–Kier alpha value is -5.67. The van der Waals surface area contributed by atoms with E-state index in [-0.39, 0.29) is 89.3 Å². The molecular weight excluding hydrogens is 702 g/mol. The number of phenols is 3. The summed E-state index contributed by atoms with van der Waals surface area (Å²) in [6.45, 7) is 6.74. The molecule has 0 fully saturated rings. The molecule has 0 unspecified atom stereocenters. The van der Waals surface area contributed by atoms with Gasteiger partial charge in [0.1, 0.15) is 47.7 Å². The maximum absolute atomic E-state index is 12.0. The molecule has 4 aromatic rings. The lowest BCUT2D eigenvalue weighted by molar-refractivity contribution is -0.297. The van der Waals surface area contributed by atoms with E-state index in [0.717, 1.165) is 38.5 Å². The average Bonchev–Trinajstić information content (AvgIpc) is 3.16. The Labute approximate surface area is 313 Å². The summed E-state index contributed by atoms with van der Waals surface area (Å²) in [5.74, 6) is -1.09. The summed E-state index contributed by atoms with van der Waals surface area (Å²) in [6.07, 6.45) is 5.10. The summed E-state index contributed by atoms with van der Waals surface area (Å²) in [5.41, 5.74) is 0.534. The van der Waals surface area contributed by atoms with Crippen molar-refractivity contribution in [3.8, 4) is 68.7 Å². The molecule has 3 N–H and O–H groups in total. The van der Waals surface area contributed by atoms with Crippen LogP contribution in [0.15, 0.2) is 54.6 Å². The minimum atomic E-state index is -0.539. The molecule has 0 aliphatic rings. The first kappa shape index (κ1) is 41.1. The van der Waals surface area contributed by atoms with Gasteiger partial charge in [-0.1, -0.05) is 40.0 Å². The maximum Gasteiger partial charge on any atom is 0.344 e. The zero-order chi connectivity index (χ0) is 38.7. The van der Waals surface area contributed by atoms with Gasteiger partial charge < -0.3 is 39.0 Å². The van der Waals surface area contributed by atoms with E-state index in [1.165, 1.54) is 42.5 Å². The first-order chi connectivity index (χ1) is 26.2. The molecule has 1 aromatic heterocycles. The van der Waals surface area contributed by atoms with Crippen LogP contribution in [0.3, 0.4) is 0 Å². The van der Waals surface area contributed by atoms with Crippen molar-refractivity contribution in [1.29, 1.82) is 0 Å². The van der Waals surface area contributed by atoms with Gasteiger partial charge in [-0.15, -0.1) is 0 Å². The fourth-order valence-electron chi connectivity index (χ4n) is 4.65. The van der Waals surface area contributed by atoms with Gasteiger partial charge in [-0.25, -0.2) is 34.3 Å². The quantitative estimate of drug-likeness (QED) is 0.0319. The molecule has 54 heavy (non-hydrogen) atoms. The van der Waals surface area contributed by atoms with Crippen LogP contribution in [0.1, 0.15) is 59.3 Å². The van der Waals surface area contributed by atoms with Crippen molar-refractivity contribution in [2.45, 2.75) is 59.3 Å². The highest BCUT2D eigenvalue weighted by molar-refractivity contribution is 5.75. The molecule has 1 heterocycles. The molecule has 0 bridgehead atoms. The summed E-state index contributed by atoms with van der Waals surface area (Å²) in [6, 6.07) is 13.2. The SMILES string of the molecule is CCCCOOCCOc1ccc(-c2nc(-c3ccc(OCC(=O)OCCCC)cc3O)nc(-c3ccc(OCC(=O)OCCCC)cc3O)n2)c(O)c1. The number of aromatic nitrogens is 3. The zero-order valence-electron chi connectivity index (χ0n) is 30.7. The van der Waals surface area contributed by atoms with Crippen LogP contribution in [0.25, 0.3) is 34.2 Å². The second-order valence-corrected chi connectivity index (χ2v) is 11.9. The smallest absolute Gasteiger partial charge is 0.344 e. The molecule has 0 atom stereocenters. The largest absolute Gasteiger partial charge is 0.507 e. The highest BCUT2D eigenvalue weighted by atomic mass is 17.2. The molecule has 0 saturated heterocycles. The lowest BCUT2D eigenvalue weighted by atomic mass is 10.1. The molecule has 0 spiro atoms. The average molecular weight is 750 g/mol. The van der Waals surface area contributed by atoms with Crippen LogP contribution in [0.2, 0.25) is 0 Å². The molecule has 290 valence electrons. The van der Waals surface area contributed by atoms with Crippen LogP contribution in [0.4, 0.5) is 0 Å². The Morgan fingerprint density at radius 3 is 1.26 bits per heavy atom. The van der Waals surface area contributed by atoms with E-state index < -0.39 is 11.9 Å². The van der Waals surface area contributed by atoms with Crippen molar-refractivity contribution in [2.24, 2.45) is 0 Å². The van der Waals surface area contributed by atoms with E-state index >= 15 is 0 Å². The zero-order valence-corrected chi connectivity index (χ0v) is 30.7. The third-order valence-corrected chi connectivity index (χ3v) is 7.60. The van der Waals surface area contributed by atoms with Crippen LogP contribution in [0, 0.1) is 0 Å². The van der Waals surface area contributed by atoms with Gasteiger partial charge in [0.05, 0.1) is 36.5 Å². The van der Waals surface area contributed by atoms with Gasteiger partial charge in [-0.2, -0.15) is 0 Å². The highest BCUT2D eigenvalue weighted by Gasteiger charge is 2.20. The fourth-order valence-corrected chi connectivity index (χ4v) is 4.65. The monoisotopic (exact) mass is 749 g/mol. The first-order valence-electron chi connectivity index (χ1n) is 17.9. The number of rotatable bonds is 23. The molecule has 0 aliphatic carbocycles. The standard InChI is InChI=1S/C39H47N3O12/c1-4-7-16-49-35(46)24-51-27-11-14-30(33(44)22-27)38-40-37(29-13-10-26(21-32(29)43)48-19-20-54-53-18-9-6-3)41-39(42-38)31-15-12-28(23-34(31)45)52-25-36(47)50-17-8-5-2/h10-15,21-23,43-45H,4-9,16-20,24-25H2,1-3H3. The van der Waals surface area contributed by atoms with Crippen molar-refractivity contribution in [3.63, 3.8) is 0 Å². The Balaban J connectivity index is 1.60. The normalized spacial score (nSPS) is 10.9. The number of esters is 2. The van der Waals surface area contributed by atoms with Gasteiger partial charge in [-0.3, -0.25) is 0 Å². The van der Waals surface area contributed by atoms with Gasteiger partial charge in [-0.05, 0) is 55.7 Å². The lowest BCUT2D eigenvalue weighted by Gasteiger charge is -2.13. The molecular formula is C39H47N3O12. The minimum absolute atomic E-state index is 0.00692. The third-order valence-electron chi connectivity index (χ3n) is 7.60. The van der Waals surface area contributed by atoms with E-state index in [1.807, 2.05) is 20.8 Å². The van der Waals surface area contributed by atoms with Crippen LogP contribution < -0.4 is 14.2 Å². The Morgan fingerprint density at radius 2 is 0.870 bits per heavy atom. The topological polar surface area (TPSA) is 198 Å². The summed E-state index contributed by atoms with van der Waals surface area (Å²) in [7, 11) is 0. The number of phenolic OH excluding ortho intramolecular Hbond substituents is 3. The van der Waals surface area contributed by atoms with Crippen LogP contribution in [-0.2, 0) is 28.8 Å². The number of carbonyl (C=O) groups is 2. The Bertz CT molecular complexity index is 1730. The number of hydrogen-bond donors (Lipinski definition) is 3. The number of aromatic hydroxyl groups is 3. The van der Waals surface area contributed by atoms with Gasteiger partial charge in [0, 0.05) is 18.2 Å². The van der Waals surface area contributed by atoms with Crippen molar-refractivity contribution in [3.05, 3.63) is 54.6 Å². The second kappa shape index (κ2) is 21.8. The molecule has 4 rings (SSSR count). The van der Waals surface area contributed by atoms with Gasteiger partial charge in [0.2, 0.25) is 0 Å². The number of benzene rings is 3. The van der Waals surface area contributed by atoms with E-state index in [0.29, 0.717) is 25.6 Å². The van der Waals surface area contributed by atoms with E-state index in [4.69, 9.17) is 33.5 Å². The number of nitrogens with zero attached hydrogens (tertiary/aromatic N) is 3. The fraction of sp³-hybridized carbons (Fsp3) is 0.410. The molecule has 0 saturated carbocycles. The van der Waals surface area contributed by atoms with Crippen molar-refractivity contribution < 1.29 is 58.4 Å². The summed E-state index contributed by atoms with van der Waals surface area (Å²) >= 11 is 0. The lowest BCUT2D eigenvalue weighted by Crippen LogP contribution is -2.15. The molecule has 3 aromatic carbocycles. The molecule has 15 nitrogen and oxygen atoms in total. The van der Waals surface area contributed by atoms with E-state index in [9.17, 15) is 24.9 Å². The molecule has 15 heteroatoms. The number of ether oxygens (including phenoxy) is 5. The highest BCUT2D eigenvalue weighted by Crippen LogP contribution is 2.37. The molecule has 0 aliphatic heterocycles. The Kier molecular flexibility index (Phi) is 16.6. The van der Waals surface area contributed by atoms with Crippen molar-refractivity contribution in [1.82, 2.24) is 15.0 Å². The van der Waals surface area contributed by atoms with E-state index in [1.54, 1.807) is 12.1 Å². The number of carbonyl (C=O) groups excluding carboxylic acids is 2. The van der Waals surface area contributed by atoms with Crippen molar-refractivity contribution in [2.75, 3.05) is 46.2 Å². The van der Waals surface area contributed by atoms with Gasteiger partial charge in [0.25, 0.3) is 0 Å². The van der Waals surface area contributed by atoms with Crippen LogP contribution in [0.5, 0.6) is 34.5 Å². The van der Waals surface area contributed by atoms with E-state index in [2.05, 4.69) is 15.0 Å². The van der Waals surface area contributed by atoms with Gasteiger partial charge >= 0.3 is 11.9 Å². The first-order valence-corrected chi connectivity index (χ1v) is 17.9. The maximum atomic E-state index is 12.0. The predicted molar refractivity (Wildman–Crippen MR) is 196 cm³/mol. The predicted octanol–water partition coefficient (Wildman–Crippen LogP) is 6.56. The molecule has 0 amide bonds. The van der Waals surface area contributed by atoms with Crippen LogP contribution >= 0.6 is 0 Å². The van der Waals surface area contributed by atoms with Crippen LogP contribution in [-0.4, -0.2) is 88.5 Å². The van der Waals surface area contributed by atoms with Gasteiger partial charge in [0.15, 0.2) is 30.7 Å².